The zero-order valence-electron chi connectivity index (χ0n) is 13.5. The summed E-state index contributed by atoms with van der Waals surface area (Å²) in [5.41, 5.74) is 1.50. The lowest BCUT2D eigenvalue weighted by Crippen LogP contribution is -2.28. The van der Waals surface area contributed by atoms with Gasteiger partial charge in [0.2, 0.25) is 5.91 Å². The molecule has 1 amide bonds. The van der Waals surface area contributed by atoms with Crippen LogP contribution in [0.1, 0.15) is 11.5 Å². The molecule has 2 heterocycles. The van der Waals surface area contributed by atoms with Gasteiger partial charge in [-0.15, -0.1) is 12.4 Å². The van der Waals surface area contributed by atoms with Crippen LogP contribution in [0.2, 0.25) is 0 Å². The lowest BCUT2D eigenvalue weighted by molar-refractivity contribution is -0.119. The average molecular weight is 355 g/mol. The molecule has 1 aromatic carbocycles. The summed E-state index contributed by atoms with van der Waals surface area (Å²) in [6.45, 7) is 1.32. The van der Waals surface area contributed by atoms with Crippen LogP contribution in [0.5, 0.6) is 5.75 Å². The number of halogens is 2. The number of aryl methyl sites for hydroxylation is 1. The molecule has 24 heavy (non-hydrogen) atoms. The van der Waals surface area contributed by atoms with Crippen molar-refractivity contribution in [3.63, 3.8) is 0 Å². The largest absolute Gasteiger partial charge is 0.494 e. The maximum Gasteiger partial charge on any atom is 0.229 e. The van der Waals surface area contributed by atoms with Gasteiger partial charge < -0.3 is 15.4 Å². The maximum atomic E-state index is 13.2. The number of amides is 1. The Morgan fingerprint density at radius 1 is 1.46 bits per heavy atom. The summed E-state index contributed by atoms with van der Waals surface area (Å²) < 4.78 is 20.1. The molecule has 0 spiro atoms. The first kappa shape index (κ1) is 18.2. The monoisotopic (exact) mass is 354 g/mol. The minimum Gasteiger partial charge on any atom is -0.494 e. The van der Waals surface area contributed by atoms with Gasteiger partial charge in [0.15, 0.2) is 0 Å². The zero-order chi connectivity index (χ0) is 16.4. The average Bonchev–Trinajstić information content (AvgIpc) is 3.17. The molecule has 0 aliphatic carbocycles. The second kappa shape index (κ2) is 7.63. The summed E-state index contributed by atoms with van der Waals surface area (Å²) in [4.78, 5) is 12.6. The Labute approximate surface area is 145 Å². The highest BCUT2D eigenvalue weighted by Crippen LogP contribution is 2.31. The van der Waals surface area contributed by atoms with Crippen LogP contribution in [-0.2, 0) is 11.8 Å². The molecule has 1 fully saturated rings. The Balaban J connectivity index is 0.00000208. The van der Waals surface area contributed by atoms with Gasteiger partial charge in [-0.25, -0.2) is 4.39 Å². The number of methoxy groups -OCH3 is 1. The van der Waals surface area contributed by atoms with Crippen molar-refractivity contribution in [2.75, 3.05) is 25.5 Å². The molecule has 0 bridgehead atoms. The van der Waals surface area contributed by atoms with Gasteiger partial charge in [0.1, 0.15) is 11.6 Å². The van der Waals surface area contributed by atoms with Crippen molar-refractivity contribution in [3.8, 4) is 5.75 Å². The number of rotatable bonds is 4. The van der Waals surface area contributed by atoms with E-state index in [4.69, 9.17) is 4.74 Å². The van der Waals surface area contributed by atoms with Crippen molar-refractivity contribution < 1.29 is 13.9 Å². The predicted molar refractivity (Wildman–Crippen MR) is 91.1 cm³/mol. The van der Waals surface area contributed by atoms with Crippen LogP contribution in [0.4, 0.5) is 10.1 Å². The first-order valence-electron chi connectivity index (χ1n) is 7.42. The van der Waals surface area contributed by atoms with Gasteiger partial charge >= 0.3 is 0 Å². The van der Waals surface area contributed by atoms with E-state index in [0.29, 0.717) is 18.0 Å². The number of anilines is 1. The molecule has 1 aliphatic rings. The summed E-state index contributed by atoms with van der Waals surface area (Å²) in [7, 11) is 3.30. The highest BCUT2D eigenvalue weighted by atomic mass is 35.5. The SMILES string of the molecule is COc1cc(F)ccc1NC(=O)[C@H]1CNC[C@@H]1c1cnn(C)c1.Cl. The molecule has 8 heteroatoms. The quantitative estimate of drug-likeness (QED) is 0.880. The van der Waals surface area contributed by atoms with Crippen molar-refractivity contribution in [3.05, 3.63) is 42.0 Å². The third-order valence-corrected chi connectivity index (χ3v) is 4.13. The summed E-state index contributed by atoms with van der Waals surface area (Å²) in [5, 5.41) is 10.3. The number of nitrogens with one attached hydrogen (secondary N) is 2. The third kappa shape index (κ3) is 3.68. The number of benzene rings is 1. The molecule has 130 valence electrons. The molecule has 0 radical (unpaired) electrons. The van der Waals surface area contributed by atoms with Crippen LogP contribution >= 0.6 is 12.4 Å². The molecule has 1 aromatic heterocycles. The lowest BCUT2D eigenvalue weighted by Gasteiger charge is -2.18. The lowest BCUT2D eigenvalue weighted by atomic mass is 9.90. The van der Waals surface area contributed by atoms with E-state index >= 15 is 0 Å². The van der Waals surface area contributed by atoms with Crippen molar-refractivity contribution in [2.45, 2.75) is 5.92 Å². The molecule has 2 aromatic rings. The smallest absolute Gasteiger partial charge is 0.229 e. The van der Waals surface area contributed by atoms with Crippen LogP contribution in [-0.4, -0.2) is 35.9 Å². The van der Waals surface area contributed by atoms with Crippen molar-refractivity contribution in [1.29, 1.82) is 0 Å². The predicted octanol–water partition coefficient (Wildman–Crippen LogP) is 1.93. The van der Waals surface area contributed by atoms with Gasteiger partial charge in [-0.05, 0) is 17.7 Å². The number of aromatic nitrogens is 2. The van der Waals surface area contributed by atoms with Crippen LogP contribution in [0.25, 0.3) is 0 Å². The Kier molecular flexibility index (Phi) is 5.80. The molecule has 1 aliphatic heterocycles. The highest BCUT2D eigenvalue weighted by Gasteiger charge is 2.35. The van der Waals surface area contributed by atoms with Gasteiger partial charge in [-0.1, -0.05) is 0 Å². The third-order valence-electron chi connectivity index (χ3n) is 4.13. The fraction of sp³-hybridized carbons (Fsp3) is 0.375. The molecular formula is C16H20ClFN4O2. The van der Waals surface area contributed by atoms with Crippen LogP contribution in [0, 0.1) is 11.7 Å². The molecular weight excluding hydrogens is 335 g/mol. The Morgan fingerprint density at radius 2 is 2.25 bits per heavy atom. The number of hydrogen-bond acceptors (Lipinski definition) is 4. The van der Waals surface area contributed by atoms with Crippen molar-refractivity contribution in [1.82, 2.24) is 15.1 Å². The summed E-state index contributed by atoms with van der Waals surface area (Å²) in [6, 6.07) is 4.05. The van der Waals surface area contributed by atoms with E-state index in [1.807, 2.05) is 13.2 Å². The van der Waals surface area contributed by atoms with E-state index in [-0.39, 0.29) is 30.2 Å². The number of ether oxygens (including phenoxy) is 1. The van der Waals surface area contributed by atoms with E-state index in [0.717, 1.165) is 12.1 Å². The zero-order valence-corrected chi connectivity index (χ0v) is 14.3. The van der Waals surface area contributed by atoms with Crippen molar-refractivity contribution in [2.24, 2.45) is 13.0 Å². The molecule has 2 atom stereocenters. The normalized spacial score (nSPS) is 19.6. The van der Waals surface area contributed by atoms with Gasteiger partial charge in [0.25, 0.3) is 0 Å². The Hall–Kier alpha value is -2.12. The van der Waals surface area contributed by atoms with E-state index < -0.39 is 5.82 Å². The first-order valence-corrected chi connectivity index (χ1v) is 7.42. The molecule has 2 N–H and O–H groups in total. The van der Waals surface area contributed by atoms with Crippen LogP contribution in [0.3, 0.4) is 0 Å². The topological polar surface area (TPSA) is 68.2 Å². The first-order chi connectivity index (χ1) is 11.1. The number of carbonyl (C=O) groups excluding carboxylic acids is 1. The fourth-order valence-corrected chi connectivity index (χ4v) is 2.93. The van der Waals surface area contributed by atoms with Crippen LogP contribution in [0.15, 0.2) is 30.6 Å². The second-order valence-electron chi connectivity index (χ2n) is 5.65. The van der Waals surface area contributed by atoms with Gasteiger partial charge in [-0.3, -0.25) is 9.48 Å². The van der Waals surface area contributed by atoms with Crippen molar-refractivity contribution >= 4 is 24.0 Å². The van der Waals surface area contributed by atoms with Gasteiger partial charge in [0.05, 0.1) is 24.9 Å². The van der Waals surface area contributed by atoms with Gasteiger partial charge in [-0.2, -0.15) is 5.10 Å². The molecule has 6 nitrogen and oxygen atoms in total. The van der Waals surface area contributed by atoms with Crippen LogP contribution < -0.4 is 15.4 Å². The highest BCUT2D eigenvalue weighted by molar-refractivity contribution is 5.95. The Bertz CT molecular complexity index is 722. The standard InChI is InChI=1S/C16H19FN4O2.ClH/c1-21-9-10(6-19-21)12-7-18-8-13(12)16(22)20-14-4-3-11(17)5-15(14)23-2;/h3-6,9,12-13,18H,7-8H2,1-2H3,(H,20,22);1H/t12-,13+;/m1./s1. The van der Waals surface area contributed by atoms with E-state index in [2.05, 4.69) is 15.7 Å². The number of nitrogens with zero attached hydrogens (tertiary/aromatic N) is 2. The maximum absolute atomic E-state index is 13.2. The Morgan fingerprint density at radius 3 is 2.92 bits per heavy atom. The van der Waals surface area contributed by atoms with E-state index in [9.17, 15) is 9.18 Å². The summed E-state index contributed by atoms with van der Waals surface area (Å²) in [6.07, 6.45) is 3.72. The molecule has 0 unspecified atom stereocenters. The number of carbonyl (C=O) groups is 1. The van der Waals surface area contributed by atoms with E-state index in [1.165, 1.54) is 25.3 Å². The summed E-state index contributed by atoms with van der Waals surface area (Å²) in [5.74, 6) is -0.365. The number of hydrogen-bond donors (Lipinski definition) is 2. The minimum atomic E-state index is -0.407. The second-order valence-corrected chi connectivity index (χ2v) is 5.65. The molecule has 1 saturated heterocycles. The van der Waals surface area contributed by atoms with Gasteiger partial charge in [0, 0.05) is 38.3 Å². The fourth-order valence-electron chi connectivity index (χ4n) is 2.93. The summed E-state index contributed by atoms with van der Waals surface area (Å²) >= 11 is 0. The molecule has 0 saturated carbocycles. The molecule has 3 rings (SSSR count). The van der Waals surface area contributed by atoms with E-state index in [1.54, 1.807) is 10.9 Å². The minimum absolute atomic E-state index is 0.